The Hall–Kier alpha value is -2.78. The van der Waals surface area contributed by atoms with Gasteiger partial charge in [-0.2, -0.15) is 0 Å². The van der Waals surface area contributed by atoms with Crippen molar-refractivity contribution in [2.24, 2.45) is 0 Å². The quantitative estimate of drug-likeness (QED) is 0.661. The average Bonchev–Trinajstić information content (AvgIpc) is 2.64. The van der Waals surface area contributed by atoms with Crippen LogP contribution in [0, 0.1) is 6.92 Å². The number of carbonyl (C=O) groups excluding carboxylic acids is 1. The number of hydrogen-bond acceptors (Lipinski definition) is 2. The van der Waals surface area contributed by atoms with Crippen molar-refractivity contribution < 1.29 is 9.53 Å². The highest BCUT2D eigenvalue weighted by atomic mass is 35.5. The number of hydrogen-bond donors (Lipinski definition) is 1. The van der Waals surface area contributed by atoms with Gasteiger partial charge in [0.2, 0.25) is 0 Å². The van der Waals surface area contributed by atoms with Gasteiger partial charge in [0, 0.05) is 16.3 Å². The predicted molar refractivity (Wildman–Crippen MR) is 101 cm³/mol. The Morgan fingerprint density at radius 1 is 1.00 bits per heavy atom. The van der Waals surface area contributed by atoms with Crippen molar-refractivity contribution >= 4 is 23.2 Å². The van der Waals surface area contributed by atoms with Crippen LogP contribution in [-0.4, -0.2) is 5.91 Å². The van der Waals surface area contributed by atoms with Gasteiger partial charge >= 0.3 is 0 Å². The van der Waals surface area contributed by atoms with E-state index in [1.54, 1.807) is 30.3 Å². The minimum atomic E-state index is -0.186. The van der Waals surface area contributed by atoms with Crippen LogP contribution in [-0.2, 0) is 6.61 Å². The first-order chi connectivity index (χ1) is 12.1. The molecule has 0 radical (unpaired) electrons. The number of amides is 1. The van der Waals surface area contributed by atoms with Crippen molar-refractivity contribution in [2.75, 3.05) is 5.32 Å². The second-order valence-corrected chi connectivity index (χ2v) is 6.12. The second kappa shape index (κ2) is 7.86. The van der Waals surface area contributed by atoms with Crippen molar-refractivity contribution in [1.82, 2.24) is 0 Å². The van der Waals surface area contributed by atoms with Gasteiger partial charge in [0.1, 0.15) is 12.4 Å². The van der Waals surface area contributed by atoms with E-state index in [2.05, 4.69) is 5.32 Å². The fraction of sp³-hybridized carbons (Fsp3) is 0.0952. The zero-order chi connectivity index (χ0) is 17.6. The van der Waals surface area contributed by atoms with E-state index in [9.17, 15) is 4.79 Å². The van der Waals surface area contributed by atoms with Crippen LogP contribution in [0.5, 0.6) is 5.75 Å². The molecule has 0 saturated carbocycles. The van der Waals surface area contributed by atoms with Gasteiger partial charge in [0.25, 0.3) is 5.91 Å². The molecule has 0 heterocycles. The number of carbonyl (C=O) groups is 1. The molecule has 0 aliphatic rings. The number of anilines is 1. The van der Waals surface area contributed by atoms with Crippen LogP contribution in [0.3, 0.4) is 0 Å². The monoisotopic (exact) mass is 351 g/mol. The summed E-state index contributed by atoms with van der Waals surface area (Å²) in [4.78, 5) is 12.3. The van der Waals surface area contributed by atoms with E-state index in [1.165, 1.54) is 0 Å². The molecule has 0 aromatic heterocycles. The highest BCUT2D eigenvalue weighted by molar-refractivity contribution is 6.31. The summed E-state index contributed by atoms with van der Waals surface area (Å²) >= 11 is 6.08. The van der Waals surface area contributed by atoms with E-state index < -0.39 is 0 Å². The highest BCUT2D eigenvalue weighted by Crippen LogP contribution is 2.21. The molecule has 0 aliphatic carbocycles. The molecular weight excluding hydrogens is 334 g/mol. The van der Waals surface area contributed by atoms with Gasteiger partial charge in [-0.1, -0.05) is 48.0 Å². The molecule has 0 saturated heterocycles. The third kappa shape index (κ3) is 4.61. The second-order valence-electron chi connectivity index (χ2n) is 5.72. The minimum Gasteiger partial charge on any atom is -0.489 e. The predicted octanol–water partition coefficient (Wildman–Crippen LogP) is 5.48. The zero-order valence-electron chi connectivity index (χ0n) is 13.8. The van der Waals surface area contributed by atoms with E-state index in [0.717, 1.165) is 16.9 Å². The summed E-state index contributed by atoms with van der Waals surface area (Å²) < 4.78 is 5.72. The topological polar surface area (TPSA) is 38.3 Å². The smallest absolute Gasteiger partial charge is 0.255 e. The molecule has 0 fully saturated rings. The van der Waals surface area contributed by atoms with Crippen LogP contribution in [0.2, 0.25) is 5.02 Å². The van der Waals surface area contributed by atoms with Crippen LogP contribution in [0.25, 0.3) is 0 Å². The van der Waals surface area contributed by atoms with Crippen molar-refractivity contribution in [2.45, 2.75) is 13.5 Å². The third-order valence-electron chi connectivity index (χ3n) is 3.79. The fourth-order valence-electron chi connectivity index (χ4n) is 2.32. The maximum atomic E-state index is 12.3. The molecule has 0 atom stereocenters. The van der Waals surface area contributed by atoms with Gasteiger partial charge in [-0.15, -0.1) is 0 Å². The minimum absolute atomic E-state index is 0.186. The summed E-state index contributed by atoms with van der Waals surface area (Å²) in [6, 6.07) is 22.5. The van der Waals surface area contributed by atoms with E-state index in [1.807, 2.05) is 49.4 Å². The van der Waals surface area contributed by atoms with Crippen LogP contribution < -0.4 is 10.1 Å². The molecule has 4 heteroatoms. The highest BCUT2D eigenvalue weighted by Gasteiger charge is 2.07. The molecule has 0 unspecified atom stereocenters. The summed E-state index contributed by atoms with van der Waals surface area (Å²) in [7, 11) is 0. The maximum absolute atomic E-state index is 12.3. The lowest BCUT2D eigenvalue weighted by molar-refractivity contribution is 0.102. The standard InChI is InChI=1S/C21H18ClNO2/c1-15-7-10-18(13-20(15)22)23-21(24)17-8-11-19(12-9-17)25-14-16-5-3-2-4-6-16/h2-13H,14H2,1H3,(H,23,24). The Morgan fingerprint density at radius 3 is 2.40 bits per heavy atom. The van der Waals surface area contributed by atoms with Crippen LogP contribution >= 0.6 is 11.6 Å². The van der Waals surface area contributed by atoms with Crippen molar-refractivity contribution in [1.29, 1.82) is 0 Å². The number of aryl methyl sites for hydroxylation is 1. The van der Waals surface area contributed by atoms with Gasteiger partial charge in [-0.05, 0) is 54.4 Å². The Kier molecular flexibility index (Phi) is 5.36. The molecule has 3 aromatic rings. The summed E-state index contributed by atoms with van der Waals surface area (Å²) in [6.07, 6.45) is 0. The molecule has 3 nitrogen and oxygen atoms in total. The van der Waals surface area contributed by atoms with Crippen molar-refractivity contribution in [3.63, 3.8) is 0 Å². The van der Waals surface area contributed by atoms with E-state index in [-0.39, 0.29) is 5.91 Å². The van der Waals surface area contributed by atoms with E-state index >= 15 is 0 Å². The average molecular weight is 352 g/mol. The molecule has 25 heavy (non-hydrogen) atoms. The number of rotatable bonds is 5. The summed E-state index contributed by atoms with van der Waals surface area (Å²) in [5.41, 5.74) is 3.30. The molecule has 126 valence electrons. The lowest BCUT2D eigenvalue weighted by atomic mass is 10.2. The zero-order valence-corrected chi connectivity index (χ0v) is 14.6. The largest absolute Gasteiger partial charge is 0.489 e. The molecule has 1 amide bonds. The summed E-state index contributed by atoms with van der Waals surface area (Å²) in [5, 5.41) is 3.47. The molecule has 0 aliphatic heterocycles. The van der Waals surface area contributed by atoms with Gasteiger partial charge < -0.3 is 10.1 Å². The normalized spacial score (nSPS) is 10.3. The molecule has 0 spiro atoms. The van der Waals surface area contributed by atoms with E-state index in [0.29, 0.717) is 22.9 Å². The molecule has 1 N–H and O–H groups in total. The van der Waals surface area contributed by atoms with Crippen LogP contribution in [0.1, 0.15) is 21.5 Å². The van der Waals surface area contributed by atoms with Gasteiger partial charge in [0.15, 0.2) is 0 Å². The summed E-state index contributed by atoms with van der Waals surface area (Å²) in [5.74, 6) is 0.535. The van der Waals surface area contributed by atoms with Gasteiger partial charge in [-0.25, -0.2) is 0 Å². The number of halogens is 1. The summed E-state index contributed by atoms with van der Waals surface area (Å²) in [6.45, 7) is 2.41. The van der Waals surface area contributed by atoms with Gasteiger partial charge in [-0.3, -0.25) is 4.79 Å². The lowest BCUT2D eigenvalue weighted by Gasteiger charge is -2.09. The number of benzene rings is 3. The Balaban J connectivity index is 1.61. The van der Waals surface area contributed by atoms with Gasteiger partial charge in [0.05, 0.1) is 0 Å². The first-order valence-corrected chi connectivity index (χ1v) is 8.34. The number of ether oxygens (including phenoxy) is 1. The van der Waals surface area contributed by atoms with Crippen molar-refractivity contribution in [3.05, 3.63) is 94.5 Å². The number of nitrogens with one attached hydrogen (secondary N) is 1. The molecule has 0 bridgehead atoms. The molecule has 3 rings (SSSR count). The third-order valence-corrected chi connectivity index (χ3v) is 4.20. The first kappa shape index (κ1) is 17.1. The first-order valence-electron chi connectivity index (χ1n) is 7.96. The molecular formula is C21H18ClNO2. The van der Waals surface area contributed by atoms with Crippen molar-refractivity contribution in [3.8, 4) is 5.75 Å². The van der Waals surface area contributed by atoms with Crippen LogP contribution in [0.4, 0.5) is 5.69 Å². The Bertz CT molecular complexity index is 861. The fourth-order valence-corrected chi connectivity index (χ4v) is 2.50. The Labute approximate surface area is 152 Å². The lowest BCUT2D eigenvalue weighted by Crippen LogP contribution is -2.11. The maximum Gasteiger partial charge on any atom is 0.255 e. The molecule has 3 aromatic carbocycles. The SMILES string of the molecule is Cc1ccc(NC(=O)c2ccc(OCc3ccccc3)cc2)cc1Cl. The van der Waals surface area contributed by atoms with E-state index in [4.69, 9.17) is 16.3 Å². The Morgan fingerprint density at radius 2 is 1.72 bits per heavy atom. The van der Waals surface area contributed by atoms with Crippen LogP contribution in [0.15, 0.2) is 72.8 Å².